The molecular formula is C23H27N3O4. The predicted molar refractivity (Wildman–Crippen MR) is 112 cm³/mol. The first kappa shape index (κ1) is 20.3. The molecule has 1 aromatic carbocycles. The summed E-state index contributed by atoms with van der Waals surface area (Å²) < 4.78 is 11.3. The molecule has 158 valence electrons. The summed E-state index contributed by atoms with van der Waals surface area (Å²) in [5.74, 6) is 1.11. The van der Waals surface area contributed by atoms with Crippen LogP contribution in [0.1, 0.15) is 32.1 Å². The van der Waals surface area contributed by atoms with E-state index in [0.29, 0.717) is 49.9 Å². The Bertz CT molecular complexity index is 843. The van der Waals surface area contributed by atoms with E-state index in [2.05, 4.69) is 10.3 Å². The molecule has 0 bridgehead atoms. The summed E-state index contributed by atoms with van der Waals surface area (Å²) in [7, 11) is 0. The quantitative estimate of drug-likeness (QED) is 0.816. The highest BCUT2D eigenvalue weighted by Gasteiger charge is 2.32. The summed E-state index contributed by atoms with van der Waals surface area (Å²) in [6.45, 7) is 1.86. The topological polar surface area (TPSA) is 80.8 Å². The van der Waals surface area contributed by atoms with Gasteiger partial charge in [0.1, 0.15) is 11.9 Å². The normalized spacial score (nSPS) is 19.9. The van der Waals surface area contributed by atoms with Gasteiger partial charge in [-0.15, -0.1) is 0 Å². The lowest BCUT2D eigenvalue weighted by Crippen LogP contribution is -2.47. The number of para-hydroxylation sites is 1. The summed E-state index contributed by atoms with van der Waals surface area (Å²) in [6, 6.07) is 12.9. The minimum absolute atomic E-state index is 0.0328. The minimum atomic E-state index is -0.299. The Labute approximate surface area is 176 Å². The van der Waals surface area contributed by atoms with Crippen molar-refractivity contribution >= 4 is 17.5 Å². The largest absolute Gasteiger partial charge is 0.439 e. The highest BCUT2D eigenvalue weighted by molar-refractivity contribution is 5.92. The maximum atomic E-state index is 12.6. The molecule has 2 fully saturated rings. The number of pyridine rings is 1. The van der Waals surface area contributed by atoms with E-state index in [1.54, 1.807) is 18.3 Å². The maximum Gasteiger partial charge on any atom is 0.251 e. The molecule has 2 amide bonds. The number of hydrogen-bond donors (Lipinski definition) is 1. The second kappa shape index (κ2) is 9.71. The molecule has 0 aliphatic carbocycles. The van der Waals surface area contributed by atoms with Gasteiger partial charge in [0, 0.05) is 31.7 Å². The molecule has 0 radical (unpaired) electrons. The smallest absolute Gasteiger partial charge is 0.251 e. The van der Waals surface area contributed by atoms with Crippen LogP contribution in [-0.2, 0) is 14.3 Å². The number of carbonyl (C=O) groups excluding carboxylic acids is 2. The number of carbonyl (C=O) groups is 2. The summed E-state index contributed by atoms with van der Waals surface area (Å²) >= 11 is 0. The standard InChI is InChI=1S/C23H27N3O4/c27-22(17-11-13-26(14-12-17)23(28)20-8-4-5-15-29-20)25-18-9-10-21(24-16-18)30-19-6-2-1-3-7-19/h1-3,6-7,9-10,16-17,20H,4-5,8,11-15H2,(H,25,27). The van der Waals surface area contributed by atoms with Gasteiger partial charge in [0.15, 0.2) is 0 Å². The van der Waals surface area contributed by atoms with E-state index in [1.165, 1.54) is 0 Å². The molecule has 1 N–H and O–H groups in total. The molecule has 2 saturated heterocycles. The first-order valence-electron chi connectivity index (χ1n) is 10.6. The Morgan fingerprint density at radius 1 is 1.03 bits per heavy atom. The van der Waals surface area contributed by atoms with Crippen molar-refractivity contribution in [1.29, 1.82) is 0 Å². The monoisotopic (exact) mass is 409 g/mol. The van der Waals surface area contributed by atoms with Crippen LogP contribution in [0.15, 0.2) is 48.7 Å². The van der Waals surface area contributed by atoms with Crippen molar-refractivity contribution in [3.05, 3.63) is 48.7 Å². The summed E-state index contributed by atoms with van der Waals surface area (Å²) in [4.78, 5) is 31.3. The summed E-state index contributed by atoms with van der Waals surface area (Å²) in [5, 5.41) is 2.93. The van der Waals surface area contributed by atoms with Gasteiger partial charge in [-0.25, -0.2) is 4.98 Å². The zero-order valence-electron chi connectivity index (χ0n) is 17.0. The number of aromatic nitrogens is 1. The van der Waals surface area contributed by atoms with Crippen LogP contribution >= 0.6 is 0 Å². The Morgan fingerprint density at radius 2 is 1.83 bits per heavy atom. The van der Waals surface area contributed by atoms with E-state index in [0.717, 1.165) is 19.3 Å². The molecule has 30 heavy (non-hydrogen) atoms. The first-order chi connectivity index (χ1) is 14.7. The van der Waals surface area contributed by atoms with E-state index in [1.807, 2.05) is 35.2 Å². The van der Waals surface area contributed by atoms with Crippen molar-refractivity contribution < 1.29 is 19.1 Å². The fraction of sp³-hybridized carbons (Fsp3) is 0.435. The van der Waals surface area contributed by atoms with Crippen LogP contribution in [0.25, 0.3) is 0 Å². The number of amides is 2. The van der Waals surface area contributed by atoms with Crippen LogP contribution < -0.4 is 10.1 Å². The Morgan fingerprint density at radius 3 is 2.50 bits per heavy atom. The van der Waals surface area contributed by atoms with Crippen LogP contribution in [0.3, 0.4) is 0 Å². The number of ether oxygens (including phenoxy) is 2. The van der Waals surface area contributed by atoms with Gasteiger partial charge in [0.2, 0.25) is 11.8 Å². The van der Waals surface area contributed by atoms with Gasteiger partial charge in [-0.05, 0) is 50.3 Å². The number of nitrogens with zero attached hydrogens (tertiary/aromatic N) is 2. The summed E-state index contributed by atoms with van der Waals surface area (Å²) in [6.07, 6.45) is 5.48. The van der Waals surface area contributed by atoms with Crippen LogP contribution in [0, 0.1) is 5.92 Å². The molecule has 3 heterocycles. The van der Waals surface area contributed by atoms with Gasteiger partial charge in [-0.2, -0.15) is 0 Å². The van der Waals surface area contributed by atoms with E-state index in [4.69, 9.17) is 9.47 Å². The molecule has 1 atom stereocenters. The summed E-state index contributed by atoms with van der Waals surface area (Å²) in [5.41, 5.74) is 0.634. The molecule has 2 aliphatic rings. The second-order valence-corrected chi connectivity index (χ2v) is 7.74. The lowest BCUT2D eigenvalue weighted by Gasteiger charge is -2.34. The molecular weight excluding hydrogens is 382 g/mol. The Hall–Kier alpha value is -2.93. The predicted octanol–water partition coefficient (Wildman–Crippen LogP) is 3.62. The van der Waals surface area contributed by atoms with Gasteiger partial charge < -0.3 is 19.7 Å². The van der Waals surface area contributed by atoms with Gasteiger partial charge in [-0.3, -0.25) is 9.59 Å². The number of likely N-dealkylation sites (tertiary alicyclic amines) is 1. The molecule has 4 rings (SSSR count). The zero-order chi connectivity index (χ0) is 20.8. The number of benzene rings is 1. The highest BCUT2D eigenvalue weighted by Crippen LogP contribution is 2.24. The Kier molecular flexibility index (Phi) is 6.59. The average Bonchev–Trinajstić information content (AvgIpc) is 2.81. The lowest BCUT2D eigenvalue weighted by atomic mass is 9.95. The van der Waals surface area contributed by atoms with E-state index in [9.17, 15) is 9.59 Å². The minimum Gasteiger partial charge on any atom is -0.439 e. The first-order valence-corrected chi connectivity index (χ1v) is 10.6. The number of piperidine rings is 1. The van der Waals surface area contributed by atoms with Crippen LogP contribution in [0.2, 0.25) is 0 Å². The number of nitrogens with one attached hydrogen (secondary N) is 1. The van der Waals surface area contributed by atoms with E-state index in [-0.39, 0.29) is 23.8 Å². The molecule has 1 unspecified atom stereocenters. The molecule has 0 saturated carbocycles. The van der Waals surface area contributed by atoms with Crippen molar-refractivity contribution in [1.82, 2.24) is 9.88 Å². The maximum absolute atomic E-state index is 12.6. The van der Waals surface area contributed by atoms with Gasteiger partial charge in [0.25, 0.3) is 5.91 Å². The third-order valence-corrected chi connectivity index (χ3v) is 5.60. The van der Waals surface area contributed by atoms with E-state index >= 15 is 0 Å². The van der Waals surface area contributed by atoms with Crippen molar-refractivity contribution in [2.24, 2.45) is 5.92 Å². The van der Waals surface area contributed by atoms with Gasteiger partial charge in [-0.1, -0.05) is 18.2 Å². The molecule has 2 aromatic rings. The number of hydrogen-bond acceptors (Lipinski definition) is 5. The van der Waals surface area contributed by atoms with Crippen molar-refractivity contribution in [3.8, 4) is 11.6 Å². The van der Waals surface area contributed by atoms with Crippen molar-refractivity contribution in [2.75, 3.05) is 25.0 Å². The molecule has 1 aromatic heterocycles. The molecule has 7 heteroatoms. The SMILES string of the molecule is O=C(Nc1ccc(Oc2ccccc2)nc1)C1CCN(C(=O)C2CCCCO2)CC1. The van der Waals surface area contributed by atoms with Crippen molar-refractivity contribution in [3.63, 3.8) is 0 Å². The fourth-order valence-electron chi connectivity index (χ4n) is 3.87. The highest BCUT2D eigenvalue weighted by atomic mass is 16.5. The molecule has 0 spiro atoms. The molecule has 7 nitrogen and oxygen atoms in total. The van der Waals surface area contributed by atoms with Gasteiger partial charge >= 0.3 is 0 Å². The van der Waals surface area contributed by atoms with Crippen molar-refractivity contribution in [2.45, 2.75) is 38.2 Å². The lowest BCUT2D eigenvalue weighted by molar-refractivity contribution is -0.148. The average molecular weight is 409 g/mol. The van der Waals surface area contributed by atoms with Crippen LogP contribution in [-0.4, -0.2) is 47.5 Å². The number of rotatable bonds is 5. The third kappa shape index (κ3) is 5.16. The molecule has 2 aliphatic heterocycles. The fourth-order valence-corrected chi connectivity index (χ4v) is 3.87. The number of anilines is 1. The van der Waals surface area contributed by atoms with Crippen LogP contribution in [0.4, 0.5) is 5.69 Å². The third-order valence-electron chi connectivity index (χ3n) is 5.60. The second-order valence-electron chi connectivity index (χ2n) is 7.74. The van der Waals surface area contributed by atoms with E-state index < -0.39 is 0 Å². The van der Waals surface area contributed by atoms with Crippen LogP contribution in [0.5, 0.6) is 11.6 Å². The zero-order valence-corrected chi connectivity index (χ0v) is 17.0. The Balaban J connectivity index is 1.25. The van der Waals surface area contributed by atoms with Gasteiger partial charge in [0.05, 0.1) is 11.9 Å².